The number of alkyl halides is 3. The van der Waals surface area contributed by atoms with E-state index in [1.54, 1.807) is 18.2 Å². The van der Waals surface area contributed by atoms with Gasteiger partial charge >= 0.3 is 6.18 Å². The summed E-state index contributed by atoms with van der Waals surface area (Å²) in [6, 6.07) is 4.73. The molecule has 3 aliphatic heterocycles. The molecule has 1 atom stereocenters. The van der Waals surface area contributed by atoms with Crippen molar-refractivity contribution in [2.75, 3.05) is 51.8 Å². The molecule has 0 radical (unpaired) electrons. The predicted molar refractivity (Wildman–Crippen MR) is 141 cm³/mol. The number of nitrogens with zero attached hydrogens (tertiary/aromatic N) is 3. The Balaban J connectivity index is 1.25. The van der Waals surface area contributed by atoms with Gasteiger partial charge in [-0.25, -0.2) is 13.4 Å². The molecule has 0 saturated carbocycles. The Bertz CT molecular complexity index is 1340. The van der Waals surface area contributed by atoms with Gasteiger partial charge in [0.05, 0.1) is 25.2 Å². The van der Waals surface area contributed by atoms with E-state index in [1.165, 1.54) is 11.4 Å². The van der Waals surface area contributed by atoms with Gasteiger partial charge in [0, 0.05) is 49.9 Å². The number of sulfonamides is 1. The fourth-order valence-electron chi connectivity index (χ4n) is 5.02. The average molecular weight is 584 g/mol. The Kier molecular flexibility index (Phi) is 8.50. The maximum Gasteiger partial charge on any atom is 0.423 e. The third-order valence-electron chi connectivity index (χ3n) is 7.23. The van der Waals surface area contributed by atoms with Crippen molar-refractivity contribution in [2.24, 2.45) is 0 Å². The fourth-order valence-corrected chi connectivity index (χ4v) is 6.51. The number of hydrogen-bond donors (Lipinski definition) is 2. The van der Waals surface area contributed by atoms with Gasteiger partial charge in [0.25, 0.3) is 0 Å². The van der Waals surface area contributed by atoms with Gasteiger partial charge in [-0.3, -0.25) is 0 Å². The van der Waals surface area contributed by atoms with Crippen molar-refractivity contribution in [1.82, 2.24) is 19.6 Å². The smallest absolute Gasteiger partial charge is 0.423 e. The van der Waals surface area contributed by atoms with Crippen LogP contribution in [0.15, 0.2) is 35.4 Å². The van der Waals surface area contributed by atoms with Crippen LogP contribution in [-0.4, -0.2) is 81.3 Å². The molecule has 2 saturated heterocycles. The van der Waals surface area contributed by atoms with Crippen LogP contribution in [0.2, 0.25) is 0 Å². The molecule has 5 rings (SSSR count). The molecule has 2 aromatic rings. The minimum atomic E-state index is -4.67. The van der Waals surface area contributed by atoms with Crippen LogP contribution >= 0.6 is 0 Å². The highest BCUT2D eigenvalue weighted by molar-refractivity contribution is 7.89. The van der Waals surface area contributed by atoms with Crippen molar-refractivity contribution < 1.29 is 35.8 Å². The lowest BCUT2D eigenvalue weighted by molar-refractivity contribution is -0.139. The molecule has 1 aromatic heterocycles. The first-order valence-corrected chi connectivity index (χ1v) is 14.6. The molecule has 218 valence electrons. The normalized spacial score (nSPS) is 21.2. The molecule has 1 aromatic carbocycles. The van der Waals surface area contributed by atoms with Gasteiger partial charge in [-0.15, -0.1) is 0 Å². The van der Waals surface area contributed by atoms with Crippen LogP contribution in [0.1, 0.15) is 36.8 Å². The zero-order chi connectivity index (χ0) is 28.3. The molecular formula is C26H32F3N5O5S. The second kappa shape index (κ2) is 11.9. The second-order valence-electron chi connectivity index (χ2n) is 9.88. The summed E-state index contributed by atoms with van der Waals surface area (Å²) in [4.78, 5) is 8.00. The number of anilines is 1. The third kappa shape index (κ3) is 6.35. The van der Waals surface area contributed by atoms with Gasteiger partial charge < -0.3 is 24.8 Å². The van der Waals surface area contributed by atoms with Crippen LogP contribution in [0, 0.1) is 0 Å². The van der Waals surface area contributed by atoms with Crippen LogP contribution in [0.5, 0.6) is 11.6 Å². The molecule has 40 heavy (non-hydrogen) atoms. The average Bonchev–Trinajstić information content (AvgIpc) is 3.46. The van der Waals surface area contributed by atoms with Crippen LogP contribution in [0.3, 0.4) is 0 Å². The zero-order valence-corrected chi connectivity index (χ0v) is 22.9. The molecule has 0 amide bonds. The monoisotopic (exact) mass is 583 g/mol. The van der Waals surface area contributed by atoms with E-state index in [2.05, 4.69) is 26.7 Å². The Morgan fingerprint density at radius 2 is 2.00 bits per heavy atom. The molecule has 0 spiro atoms. The summed E-state index contributed by atoms with van der Waals surface area (Å²) in [6.07, 6.45) is -0.255. The minimum absolute atomic E-state index is 0.00392. The highest BCUT2D eigenvalue weighted by Gasteiger charge is 2.38. The number of nitrogens with one attached hydrogen (secondary N) is 2. The summed E-state index contributed by atoms with van der Waals surface area (Å²) in [5.74, 6) is -0.0404. The number of rotatable bonds is 8. The number of benzene rings is 1. The Morgan fingerprint density at radius 1 is 1.20 bits per heavy atom. The lowest BCUT2D eigenvalue weighted by Gasteiger charge is -2.32. The van der Waals surface area contributed by atoms with E-state index in [9.17, 15) is 21.6 Å². The van der Waals surface area contributed by atoms with E-state index in [4.69, 9.17) is 14.2 Å². The van der Waals surface area contributed by atoms with Crippen molar-refractivity contribution in [3.63, 3.8) is 0 Å². The number of piperidine rings is 1. The number of methoxy groups -OCH3 is 1. The van der Waals surface area contributed by atoms with E-state index < -0.39 is 33.7 Å². The number of aromatic nitrogens is 2. The van der Waals surface area contributed by atoms with Crippen LogP contribution in [0.25, 0.3) is 5.57 Å². The summed E-state index contributed by atoms with van der Waals surface area (Å²) in [7, 11) is -2.25. The van der Waals surface area contributed by atoms with E-state index in [0.29, 0.717) is 37.8 Å². The summed E-state index contributed by atoms with van der Waals surface area (Å²) in [5, 5.41) is 6.30. The van der Waals surface area contributed by atoms with Crippen LogP contribution in [0.4, 0.5) is 19.1 Å². The van der Waals surface area contributed by atoms with Crippen molar-refractivity contribution in [3.8, 4) is 11.6 Å². The Morgan fingerprint density at radius 3 is 2.65 bits per heavy atom. The van der Waals surface area contributed by atoms with E-state index in [0.717, 1.165) is 30.6 Å². The van der Waals surface area contributed by atoms with Crippen LogP contribution in [-0.2, 0) is 20.9 Å². The van der Waals surface area contributed by atoms with Crippen molar-refractivity contribution in [3.05, 3.63) is 41.6 Å². The van der Waals surface area contributed by atoms with Gasteiger partial charge in [0.15, 0.2) is 0 Å². The van der Waals surface area contributed by atoms with Crippen molar-refractivity contribution >= 4 is 21.5 Å². The molecular weight excluding hydrogens is 551 g/mol. The first kappa shape index (κ1) is 28.6. The molecule has 4 heterocycles. The van der Waals surface area contributed by atoms with Gasteiger partial charge in [-0.2, -0.15) is 22.5 Å². The lowest BCUT2D eigenvalue weighted by atomic mass is 9.99. The first-order chi connectivity index (χ1) is 19.1. The van der Waals surface area contributed by atoms with Crippen molar-refractivity contribution in [2.45, 2.75) is 48.9 Å². The molecule has 14 heteroatoms. The van der Waals surface area contributed by atoms with Gasteiger partial charge in [-0.1, -0.05) is 6.08 Å². The number of ether oxygens (including phenoxy) is 3. The topological polar surface area (TPSA) is 115 Å². The molecule has 2 N–H and O–H groups in total. The van der Waals surface area contributed by atoms with Crippen molar-refractivity contribution in [1.29, 1.82) is 0 Å². The second-order valence-corrected chi connectivity index (χ2v) is 11.8. The fraction of sp³-hybridized carbons (Fsp3) is 0.538. The molecule has 2 fully saturated rings. The maximum absolute atomic E-state index is 13.5. The molecule has 0 unspecified atom stereocenters. The van der Waals surface area contributed by atoms with E-state index >= 15 is 0 Å². The Labute approximate surface area is 231 Å². The van der Waals surface area contributed by atoms with Gasteiger partial charge in [0.1, 0.15) is 17.4 Å². The van der Waals surface area contributed by atoms with E-state index in [1.807, 2.05) is 0 Å². The third-order valence-corrected chi connectivity index (χ3v) is 9.13. The lowest BCUT2D eigenvalue weighted by Crippen LogP contribution is -2.42. The molecule has 0 aliphatic carbocycles. The standard InChI is InChI=1S/C26H32F3N5O5S/c1-37-23-14-20(2-3-21(23)17-4-9-30-10-5-17)40(35,36)34-11-6-18(7-12-34)32-25-31-15-22(26(27,28)29)24(33-25)39-19-8-13-38-16-19/h2-4,14-15,18-19,30H,5-13,16H2,1H3,(H,31,32,33)/t19-/m0/s1. The molecule has 0 bridgehead atoms. The minimum Gasteiger partial charge on any atom is -0.496 e. The number of halogens is 3. The largest absolute Gasteiger partial charge is 0.496 e. The van der Waals surface area contributed by atoms with Gasteiger partial charge in [0.2, 0.25) is 21.9 Å². The summed E-state index contributed by atoms with van der Waals surface area (Å²) in [6.45, 7) is 2.66. The van der Waals surface area contributed by atoms with Gasteiger partial charge in [-0.05, 0) is 43.5 Å². The highest BCUT2D eigenvalue weighted by atomic mass is 32.2. The van der Waals surface area contributed by atoms with E-state index in [-0.39, 0.29) is 36.6 Å². The molecule has 10 nitrogen and oxygen atoms in total. The quantitative estimate of drug-likeness (QED) is 0.483. The summed E-state index contributed by atoms with van der Waals surface area (Å²) in [5.41, 5.74) is 0.942. The number of hydrogen-bond acceptors (Lipinski definition) is 9. The summed E-state index contributed by atoms with van der Waals surface area (Å²) < 4.78 is 84.9. The Hall–Kier alpha value is -2.94. The summed E-state index contributed by atoms with van der Waals surface area (Å²) >= 11 is 0. The molecule has 3 aliphatic rings. The zero-order valence-electron chi connectivity index (χ0n) is 22.0. The predicted octanol–water partition coefficient (Wildman–Crippen LogP) is 3.31. The SMILES string of the molecule is COc1cc(S(=O)(=O)N2CCC(Nc3ncc(C(F)(F)F)c(O[C@H]4CCOC4)n3)CC2)ccc1C1=CCNCC1. The maximum atomic E-state index is 13.5. The highest BCUT2D eigenvalue weighted by Crippen LogP contribution is 2.36. The van der Waals surface area contributed by atoms with Crippen LogP contribution < -0.4 is 20.1 Å². The first-order valence-electron chi connectivity index (χ1n) is 13.2.